The molecule has 2 fully saturated rings. The third kappa shape index (κ3) is 2.33. The van der Waals surface area contributed by atoms with Gasteiger partial charge in [-0.2, -0.15) is 0 Å². The molecule has 3 nitrogen and oxygen atoms in total. The van der Waals surface area contributed by atoms with Crippen molar-refractivity contribution in [2.24, 2.45) is 17.8 Å². The first-order valence-electron chi connectivity index (χ1n) is 6.16. The van der Waals surface area contributed by atoms with Gasteiger partial charge in [-0.3, -0.25) is 4.79 Å². The van der Waals surface area contributed by atoms with Crippen LogP contribution in [-0.4, -0.2) is 35.6 Å². The molecule has 0 radical (unpaired) electrons. The third-order valence-corrected chi connectivity index (χ3v) is 3.87. The highest BCUT2D eigenvalue weighted by atomic mass is 16.3. The van der Waals surface area contributed by atoms with Crippen molar-refractivity contribution in [3.8, 4) is 0 Å². The van der Waals surface area contributed by atoms with E-state index in [4.69, 9.17) is 5.11 Å². The number of amides is 1. The third-order valence-electron chi connectivity index (χ3n) is 3.87. The highest BCUT2D eigenvalue weighted by Crippen LogP contribution is 2.54. The summed E-state index contributed by atoms with van der Waals surface area (Å²) < 4.78 is 0. The average molecular weight is 211 g/mol. The molecule has 0 aromatic rings. The Morgan fingerprint density at radius 1 is 1.33 bits per heavy atom. The average Bonchev–Trinajstić information content (AvgIpc) is 2.86. The van der Waals surface area contributed by atoms with Gasteiger partial charge in [0.1, 0.15) is 0 Å². The van der Waals surface area contributed by atoms with Gasteiger partial charge < -0.3 is 10.0 Å². The summed E-state index contributed by atoms with van der Waals surface area (Å²) in [4.78, 5) is 14.0. The van der Waals surface area contributed by atoms with Crippen LogP contribution < -0.4 is 0 Å². The molecule has 3 heteroatoms. The Labute approximate surface area is 91.5 Å². The molecule has 0 heterocycles. The number of aliphatic hydroxyl groups is 1. The van der Waals surface area contributed by atoms with Gasteiger partial charge in [-0.25, -0.2) is 0 Å². The number of nitrogens with zero attached hydrogens (tertiary/aromatic N) is 1. The fourth-order valence-electron chi connectivity index (χ4n) is 2.86. The Morgan fingerprint density at radius 2 is 2.00 bits per heavy atom. The second-order valence-corrected chi connectivity index (χ2v) is 4.92. The fraction of sp³-hybridized carbons (Fsp3) is 0.917. The van der Waals surface area contributed by atoms with E-state index in [1.807, 2.05) is 11.8 Å². The van der Waals surface area contributed by atoms with Gasteiger partial charge in [0.2, 0.25) is 5.91 Å². The van der Waals surface area contributed by atoms with Crippen molar-refractivity contribution in [1.82, 2.24) is 4.90 Å². The van der Waals surface area contributed by atoms with Gasteiger partial charge in [0.15, 0.2) is 0 Å². The molecule has 0 spiro atoms. The SMILES string of the molecule is CCN(CCCO)C(=O)C1CC2CC2C1. The number of rotatable bonds is 5. The first-order valence-corrected chi connectivity index (χ1v) is 6.16. The van der Waals surface area contributed by atoms with E-state index in [1.54, 1.807) is 0 Å². The van der Waals surface area contributed by atoms with Crippen molar-refractivity contribution in [3.63, 3.8) is 0 Å². The lowest BCUT2D eigenvalue weighted by Crippen LogP contribution is -2.36. The summed E-state index contributed by atoms with van der Waals surface area (Å²) in [6, 6.07) is 0. The van der Waals surface area contributed by atoms with Crippen molar-refractivity contribution >= 4 is 5.91 Å². The van der Waals surface area contributed by atoms with Crippen LogP contribution in [0.4, 0.5) is 0 Å². The van der Waals surface area contributed by atoms with Crippen LogP contribution in [-0.2, 0) is 4.79 Å². The number of hydrogen-bond acceptors (Lipinski definition) is 2. The zero-order valence-electron chi connectivity index (χ0n) is 9.48. The Morgan fingerprint density at radius 3 is 2.53 bits per heavy atom. The van der Waals surface area contributed by atoms with Crippen molar-refractivity contribution in [3.05, 3.63) is 0 Å². The molecule has 86 valence electrons. The van der Waals surface area contributed by atoms with E-state index in [0.29, 0.717) is 18.2 Å². The minimum Gasteiger partial charge on any atom is -0.396 e. The molecular weight excluding hydrogens is 190 g/mol. The number of fused-ring (bicyclic) bond motifs is 1. The summed E-state index contributed by atoms with van der Waals surface area (Å²) in [5.74, 6) is 2.37. The number of carbonyl (C=O) groups is 1. The van der Waals surface area contributed by atoms with E-state index < -0.39 is 0 Å². The fourth-order valence-corrected chi connectivity index (χ4v) is 2.86. The first-order chi connectivity index (χ1) is 7.26. The molecule has 2 aliphatic rings. The van der Waals surface area contributed by atoms with E-state index in [0.717, 1.165) is 37.8 Å². The maximum Gasteiger partial charge on any atom is 0.225 e. The largest absolute Gasteiger partial charge is 0.396 e. The minimum atomic E-state index is 0.180. The van der Waals surface area contributed by atoms with Gasteiger partial charge in [0, 0.05) is 25.6 Å². The van der Waals surface area contributed by atoms with Gasteiger partial charge in [0.25, 0.3) is 0 Å². The van der Waals surface area contributed by atoms with E-state index >= 15 is 0 Å². The lowest BCUT2D eigenvalue weighted by molar-refractivity contribution is -0.135. The molecule has 2 unspecified atom stereocenters. The van der Waals surface area contributed by atoms with Crippen LogP contribution in [0.15, 0.2) is 0 Å². The number of carbonyl (C=O) groups excluding carboxylic acids is 1. The second-order valence-electron chi connectivity index (χ2n) is 4.92. The predicted molar refractivity (Wildman–Crippen MR) is 58.3 cm³/mol. The van der Waals surface area contributed by atoms with Crippen LogP contribution in [0.2, 0.25) is 0 Å². The molecule has 2 saturated carbocycles. The zero-order chi connectivity index (χ0) is 10.8. The second kappa shape index (κ2) is 4.52. The smallest absolute Gasteiger partial charge is 0.225 e. The molecular formula is C12H21NO2. The minimum absolute atomic E-state index is 0.180. The van der Waals surface area contributed by atoms with E-state index in [9.17, 15) is 4.79 Å². The summed E-state index contributed by atoms with van der Waals surface area (Å²) in [6.07, 6.45) is 4.32. The Kier molecular flexibility index (Phi) is 3.29. The molecule has 1 N–H and O–H groups in total. The summed E-state index contributed by atoms with van der Waals surface area (Å²) in [7, 11) is 0. The van der Waals surface area contributed by atoms with Crippen molar-refractivity contribution in [1.29, 1.82) is 0 Å². The van der Waals surface area contributed by atoms with E-state index in [-0.39, 0.29) is 6.61 Å². The number of aliphatic hydroxyl groups excluding tert-OH is 1. The molecule has 2 aliphatic carbocycles. The molecule has 2 rings (SSSR count). The van der Waals surface area contributed by atoms with Crippen molar-refractivity contribution in [2.45, 2.75) is 32.6 Å². The van der Waals surface area contributed by atoms with Crippen LogP contribution in [0, 0.1) is 17.8 Å². The van der Waals surface area contributed by atoms with Crippen LogP contribution in [0.25, 0.3) is 0 Å². The molecule has 0 bridgehead atoms. The molecule has 0 aliphatic heterocycles. The van der Waals surface area contributed by atoms with Gasteiger partial charge in [-0.15, -0.1) is 0 Å². The quantitative estimate of drug-likeness (QED) is 0.744. The van der Waals surface area contributed by atoms with Crippen LogP contribution in [0.5, 0.6) is 0 Å². The summed E-state index contributed by atoms with van der Waals surface area (Å²) in [5.41, 5.74) is 0. The van der Waals surface area contributed by atoms with Gasteiger partial charge in [-0.05, 0) is 44.4 Å². The van der Waals surface area contributed by atoms with Gasteiger partial charge >= 0.3 is 0 Å². The summed E-state index contributed by atoms with van der Waals surface area (Å²) in [5, 5.41) is 8.77. The maximum absolute atomic E-state index is 12.1. The molecule has 0 aromatic heterocycles. The van der Waals surface area contributed by atoms with Crippen LogP contribution in [0.3, 0.4) is 0 Å². The topological polar surface area (TPSA) is 40.5 Å². The van der Waals surface area contributed by atoms with Crippen molar-refractivity contribution < 1.29 is 9.90 Å². The first kappa shape index (κ1) is 10.9. The highest BCUT2D eigenvalue weighted by Gasteiger charge is 2.48. The Bertz CT molecular complexity index is 232. The normalized spacial score (nSPS) is 32.5. The lowest BCUT2D eigenvalue weighted by atomic mass is 10.0. The van der Waals surface area contributed by atoms with Crippen LogP contribution in [0.1, 0.15) is 32.6 Å². The van der Waals surface area contributed by atoms with E-state index in [1.165, 1.54) is 6.42 Å². The molecule has 2 atom stereocenters. The lowest BCUT2D eigenvalue weighted by Gasteiger charge is -2.24. The highest BCUT2D eigenvalue weighted by molar-refractivity contribution is 5.79. The summed E-state index contributed by atoms with van der Waals surface area (Å²) >= 11 is 0. The van der Waals surface area contributed by atoms with Crippen molar-refractivity contribution in [2.75, 3.05) is 19.7 Å². The van der Waals surface area contributed by atoms with E-state index in [2.05, 4.69) is 0 Å². The monoisotopic (exact) mass is 211 g/mol. The molecule has 1 amide bonds. The number of hydrogen-bond donors (Lipinski definition) is 1. The Balaban J connectivity index is 1.81. The van der Waals surface area contributed by atoms with Crippen LogP contribution >= 0.6 is 0 Å². The zero-order valence-corrected chi connectivity index (χ0v) is 9.48. The predicted octanol–water partition coefficient (Wildman–Crippen LogP) is 1.26. The standard InChI is InChI=1S/C12H21NO2/c1-2-13(4-3-5-14)12(15)11-7-9-6-10(9)8-11/h9-11,14H,2-8H2,1H3. The van der Waals surface area contributed by atoms with Gasteiger partial charge in [0.05, 0.1) is 0 Å². The Hall–Kier alpha value is -0.570. The molecule has 0 aromatic carbocycles. The molecule has 0 saturated heterocycles. The molecule has 15 heavy (non-hydrogen) atoms. The van der Waals surface area contributed by atoms with Gasteiger partial charge in [-0.1, -0.05) is 0 Å². The summed E-state index contributed by atoms with van der Waals surface area (Å²) in [6.45, 7) is 3.70. The maximum atomic E-state index is 12.1.